The van der Waals surface area contributed by atoms with Gasteiger partial charge in [0, 0.05) is 18.5 Å². The maximum absolute atomic E-state index is 5.67. The summed E-state index contributed by atoms with van der Waals surface area (Å²) < 4.78 is 7.52. The van der Waals surface area contributed by atoms with E-state index in [9.17, 15) is 0 Å². The van der Waals surface area contributed by atoms with E-state index in [0.29, 0.717) is 12.5 Å². The number of hydrogen-bond acceptors (Lipinski definition) is 5. The highest BCUT2D eigenvalue weighted by molar-refractivity contribution is 7.09. The van der Waals surface area contributed by atoms with Gasteiger partial charge in [-0.1, -0.05) is 13.8 Å². The minimum Gasteiger partial charge on any atom is -0.484 e. The maximum atomic E-state index is 5.67. The van der Waals surface area contributed by atoms with E-state index in [-0.39, 0.29) is 0 Å². The van der Waals surface area contributed by atoms with Gasteiger partial charge in [0.25, 0.3) is 0 Å². The number of hydrogen-bond donors (Lipinski definition) is 1. The molecule has 2 aromatic rings. The van der Waals surface area contributed by atoms with Crippen LogP contribution in [0.5, 0.6) is 5.75 Å². The number of nitrogens with zero attached hydrogens (tertiary/aromatic N) is 3. The van der Waals surface area contributed by atoms with E-state index in [1.54, 1.807) is 17.5 Å². The molecule has 2 heterocycles. The van der Waals surface area contributed by atoms with E-state index in [4.69, 9.17) is 4.74 Å². The fourth-order valence-electron chi connectivity index (χ4n) is 1.71. The molecule has 2 rings (SSSR count). The van der Waals surface area contributed by atoms with Crippen molar-refractivity contribution in [3.05, 3.63) is 28.5 Å². The van der Waals surface area contributed by atoms with Gasteiger partial charge in [0.2, 0.25) is 0 Å². The minimum absolute atomic E-state index is 0.496. The van der Waals surface area contributed by atoms with Crippen LogP contribution in [0, 0.1) is 5.92 Å². The summed E-state index contributed by atoms with van der Waals surface area (Å²) in [6.45, 7) is 9.64. The molecule has 0 spiro atoms. The van der Waals surface area contributed by atoms with Crippen LogP contribution in [0.1, 0.15) is 31.5 Å². The number of aryl methyl sites for hydroxylation is 1. The number of nitrogens with one attached hydrogen (secondary N) is 1. The van der Waals surface area contributed by atoms with Gasteiger partial charge in [-0.05, 0) is 19.4 Å². The molecule has 0 aliphatic rings. The van der Waals surface area contributed by atoms with Gasteiger partial charge in [-0.2, -0.15) is 5.10 Å². The Labute approximate surface area is 124 Å². The van der Waals surface area contributed by atoms with Crippen molar-refractivity contribution in [1.29, 1.82) is 0 Å². The standard InChI is InChI=1S/C14H22N4OS/c1-4-18-8-13(6-16-18)19-9-12-10-20-14(17-12)7-15-5-11(2)3/h6,8,10-11,15H,4-5,7,9H2,1-3H3. The third kappa shape index (κ3) is 4.61. The lowest BCUT2D eigenvalue weighted by atomic mass is 10.2. The number of thiazole rings is 1. The summed E-state index contributed by atoms with van der Waals surface area (Å²) in [4.78, 5) is 4.55. The van der Waals surface area contributed by atoms with Gasteiger partial charge >= 0.3 is 0 Å². The first kappa shape index (κ1) is 15.0. The molecule has 0 amide bonds. The van der Waals surface area contributed by atoms with Crippen LogP contribution in [0.4, 0.5) is 0 Å². The molecule has 110 valence electrons. The molecule has 0 unspecified atom stereocenters. The predicted octanol–water partition coefficient (Wildman–Crippen LogP) is 2.68. The minimum atomic E-state index is 0.496. The van der Waals surface area contributed by atoms with Crippen molar-refractivity contribution in [2.75, 3.05) is 6.54 Å². The molecule has 0 aliphatic heterocycles. The molecule has 0 saturated carbocycles. The van der Waals surface area contributed by atoms with Gasteiger partial charge < -0.3 is 10.1 Å². The molecule has 0 aliphatic carbocycles. The van der Waals surface area contributed by atoms with Crippen LogP contribution in [0.3, 0.4) is 0 Å². The molecule has 0 fully saturated rings. The Balaban J connectivity index is 1.77. The zero-order valence-corrected chi connectivity index (χ0v) is 13.1. The van der Waals surface area contributed by atoms with Crippen molar-refractivity contribution in [2.45, 2.75) is 40.5 Å². The monoisotopic (exact) mass is 294 g/mol. The van der Waals surface area contributed by atoms with Gasteiger partial charge in [-0.15, -0.1) is 11.3 Å². The largest absolute Gasteiger partial charge is 0.484 e. The fourth-order valence-corrected chi connectivity index (χ4v) is 2.46. The van der Waals surface area contributed by atoms with E-state index in [2.05, 4.69) is 34.6 Å². The molecular formula is C14H22N4OS. The topological polar surface area (TPSA) is 52.0 Å². The Morgan fingerprint density at radius 3 is 3.00 bits per heavy atom. The van der Waals surface area contributed by atoms with E-state index in [0.717, 1.165) is 36.1 Å². The summed E-state index contributed by atoms with van der Waals surface area (Å²) in [5.41, 5.74) is 0.973. The lowest BCUT2D eigenvalue weighted by molar-refractivity contribution is 0.301. The molecule has 0 atom stereocenters. The van der Waals surface area contributed by atoms with Crippen molar-refractivity contribution < 1.29 is 4.74 Å². The van der Waals surface area contributed by atoms with E-state index < -0.39 is 0 Å². The van der Waals surface area contributed by atoms with Crippen LogP contribution in [-0.2, 0) is 19.7 Å². The van der Waals surface area contributed by atoms with Crippen molar-refractivity contribution in [2.24, 2.45) is 5.92 Å². The Hall–Kier alpha value is -1.40. The first-order chi connectivity index (χ1) is 9.67. The van der Waals surface area contributed by atoms with Crippen LogP contribution in [0.2, 0.25) is 0 Å². The van der Waals surface area contributed by atoms with Crippen LogP contribution in [0.25, 0.3) is 0 Å². The first-order valence-electron chi connectivity index (χ1n) is 6.96. The normalized spacial score (nSPS) is 11.2. The molecular weight excluding hydrogens is 272 g/mol. The van der Waals surface area contributed by atoms with Gasteiger partial charge in [0.1, 0.15) is 11.6 Å². The number of rotatable bonds is 8. The quantitative estimate of drug-likeness (QED) is 0.813. The van der Waals surface area contributed by atoms with Crippen LogP contribution in [0.15, 0.2) is 17.8 Å². The summed E-state index contributed by atoms with van der Waals surface area (Å²) in [5, 5.41) is 10.7. The van der Waals surface area contributed by atoms with Crippen LogP contribution in [-0.4, -0.2) is 21.3 Å². The zero-order chi connectivity index (χ0) is 14.4. The van der Waals surface area contributed by atoms with Crippen molar-refractivity contribution >= 4 is 11.3 Å². The second-order valence-electron chi connectivity index (χ2n) is 5.08. The molecule has 0 bridgehead atoms. The number of ether oxygens (including phenoxy) is 1. The molecule has 2 aromatic heterocycles. The Morgan fingerprint density at radius 2 is 2.30 bits per heavy atom. The van der Waals surface area contributed by atoms with Crippen LogP contribution < -0.4 is 10.1 Å². The summed E-state index contributed by atoms with van der Waals surface area (Å²) in [7, 11) is 0. The average molecular weight is 294 g/mol. The van der Waals surface area contributed by atoms with E-state index in [1.807, 2.05) is 17.8 Å². The van der Waals surface area contributed by atoms with Gasteiger partial charge in [-0.25, -0.2) is 4.98 Å². The second-order valence-corrected chi connectivity index (χ2v) is 6.02. The highest BCUT2D eigenvalue weighted by Gasteiger charge is 2.04. The van der Waals surface area contributed by atoms with Crippen molar-refractivity contribution in [1.82, 2.24) is 20.1 Å². The second kappa shape index (κ2) is 7.40. The lowest BCUT2D eigenvalue weighted by Gasteiger charge is -2.04. The average Bonchev–Trinajstić information content (AvgIpc) is 3.04. The van der Waals surface area contributed by atoms with Crippen molar-refractivity contribution in [3.63, 3.8) is 0 Å². The fraction of sp³-hybridized carbons (Fsp3) is 0.571. The van der Waals surface area contributed by atoms with Gasteiger partial charge in [0.15, 0.2) is 5.75 Å². The maximum Gasteiger partial charge on any atom is 0.157 e. The number of aromatic nitrogens is 3. The van der Waals surface area contributed by atoms with E-state index >= 15 is 0 Å². The molecule has 5 nitrogen and oxygen atoms in total. The Kier molecular flexibility index (Phi) is 5.55. The summed E-state index contributed by atoms with van der Waals surface area (Å²) in [6.07, 6.45) is 3.64. The SMILES string of the molecule is CCn1cc(OCc2csc(CNCC(C)C)n2)cn1. The highest BCUT2D eigenvalue weighted by atomic mass is 32.1. The summed E-state index contributed by atoms with van der Waals surface area (Å²) in [6, 6.07) is 0. The molecule has 0 aromatic carbocycles. The zero-order valence-electron chi connectivity index (χ0n) is 12.3. The molecule has 1 N–H and O–H groups in total. The lowest BCUT2D eigenvalue weighted by Crippen LogP contribution is -2.18. The van der Waals surface area contributed by atoms with Crippen molar-refractivity contribution in [3.8, 4) is 5.75 Å². The highest BCUT2D eigenvalue weighted by Crippen LogP contribution is 2.14. The summed E-state index contributed by atoms with van der Waals surface area (Å²) in [5.74, 6) is 1.45. The smallest absolute Gasteiger partial charge is 0.157 e. The van der Waals surface area contributed by atoms with Gasteiger partial charge in [-0.3, -0.25) is 4.68 Å². The van der Waals surface area contributed by atoms with Crippen LogP contribution >= 0.6 is 11.3 Å². The third-order valence-electron chi connectivity index (χ3n) is 2.75. The molecule has 0 saturated heterocycles. The summed E-state index contributed by atoms with van der Waals surface area (Å²) >= 11 is 1.67. The van der Waals surface area contributed by atoms with Gasteiger partial charge in [0.05, 0.1) is 18.1 Å². The predicted molar refractivity (Wildman–Crippen MR) is 80.9 cm³/mol. The molecule has 0 radical (unpaired) electrons. The Morgan fingerprint density at radius 1 is 1.45 bits per heavy atom. The molecule has 6 heteroatoms. The van der Waals surface area contributed by atoms with E-state index in [1.165, 1.54) is 0 Å². The third-order valence-corrected chi connectivity index (χ3v) is 3.65. The Bertz CT molecular complexity index is 521. The molecule has 20 heavy (non-hydrogen) atoms. The first-order valence-corrected chi connectivity index (χ1v) is 7.84.